The first-order valence-corrected chi connectivity index (χ1v) is 6.59. The highest BCUT2D eigenvalue weighted by Crippen LogP contribution is 2.49. The summed E-state index contributed by atoms with van der Waals surface area (Å²) in [4.78, 5) is 12.2. The van der Waals surface area contributed by atoms with Crippen LogP contribution < -0.4 is 11.1 Å². The molecule has 5 nitrogen and oxygen atoms in total. The molecule has 5 heteroatoms. The number of rotatable bonds is 6. The van der Waals surface area contributed by atoms with E-state index in [0.29, 0.717) is 19.6 Å². The summed E-state index contributed by atoms with van der Waals surface area (Å²) in [5.74, 6) is -0.104. The summed E-state index contributed by atoms with van der Waals surface area (Å²) in [5.41, 5.74) is 4.98. The van der Waals surface area contributed by atoms with E-state index in [2.05, 4.69) is 5.32 Å². The highest BCUT2D eigenvalue weighted by Gasteiger charge is 2.62. The molecule has 3 unspecified atom stereocenters. The first-order valence-electron chi connectivity index (χ1n) is 6.59. The van der Waals surface area contributed by atoms with E-state index in [1.165, 1.54) is 0 Å². The Hall–Kier alpha value is -0.650. The van der Waals surface area contributed by atoms with Gasteiger partial charge in [-0.3, -0.25) is 4.79 Å². The lowest BCUT2D eigenvalue weighted by atomic mass is 9.54. The van der Waals surface area contributed by atoms with Gasteiger partial charge in [-0.05, 0) is 12.8 Å². The normalized spacial score (nSPS) is 31.6. The highest BCUT2D eigenvalue weighted by molar-refractivity contribution is 5.88. The Balaban J connectivity index is 2.58. The van der Waals surface area contributed by atoms with Crippen LogP contribution in [0.25, 0.3) is 0 Å². The minimum Gasteiger partial charge on any atom is -0.396 e. The summed E-state index contributed by atoms with van der Waals surface area (Å²) in [6.07, 6.45) is 0.584. The van der Waals surface area contributed by atoms with Gasteiger partial charge in [-0.2, -0.15) is 0 Å². The standard InChI is InChI=1S/C13H26N2O3/c1-5-18-10-6-13(14,12(10,3)4)11(17)15-7-9(2)8-16/h9-10,16H,5-8,14H2,1-4H3,(H,15,17). The molecule has 0 spiro atoms. The number of aliphatic hydroxyl groups is 1. The van der Waals surface area contributed by atoms with E-state index in [0.717, 1.165) is 0 Å². The van der Waals surface area contributed by atoms with Crippen molar-refractivity contribution in [2.75, 3.05) is 19.8 Å². The SMILES string of the molecule is CCOC1CC(N)(C(=O)NCC(C)CO)C1(C)C. The van der Waals surface area contributed by atoms with Gasteiger partial charge in [-0.1, -0.05) is 20.8 Å². The summed E-state index contributed by atoms with van der Waals surface area (Å²) < 4.78 is 5.59. The van der Waals surface area contributed by atoms with Crippen molar-refractivity contribution in [3.8, 4) is 0 Å². The quantitative estimate of drug-likeness (QED) is 0.638. The van der Waals surface area contributed by atoms with Gasteiger partial charge in [0.2, 0.25) is 5.91 Å². The summed E-state index contributed by atoms with van der Waals surface area (Å²) >= 11 is 0. The number of aliphatic hydroxyl groups excluding tert-OH is 1. The molecule has 0 aromatic heterocycles. The molecule has 1 aliphatic rings. The molecule has 0 heterocycles. The second-order valence-electron chi connectivity index (χ2n) is 5.84. The third-order valence-corrected chi connectivity index (χ3v) is 4.16. The molecule has 0 aromatic carbocycles. The van der Waals surface area contributed by atoms with E-state index in [9.17, 15) is 4.79 Å². The van der Waals surface area contributed by atoms with Crippen molar-refractivity contribution in [3.63, 3.8) is 0 Å². The smallest absolute Gasteiger partial charge is 0.240 e. The van der Waals surface area contributed by atoms with Crippen LogP contribution in [-0.4, -0.2) is 42.4 Å². The summed E-state index contributed by atoms with van der Waals surface area (Å²) in [5, 5.41) is 11.7. The highest BCUT2D eigenvalue weighted by atomic mass is 16.5. The molecular weight excluding hydrogens is 232 g/mol. The van der Waals surface area contributed by atoms with E-state index in [1.807, 2.05) is 27.7 Å². The van der Waals surface area contributed by atoms with Crippen molar-refractivity contribution < 1.29 is 14.6 Å². The molecule has 1 saturated carbocycles. The Kier molecular flexibility index (Phi) is 4.75. The van der Waals surface area contributed by atoms with Crippen molar-refractivity contribution in [1.29, 1.82) is 0 Å². The molecule has 1 rings (SSSR count). The van der Waals surface area contributed by atoms with Crippen LogP contribution in [0.1, 0.15) is 34.1 Å². The monoisotopic (exact) mass is 258 g/mol. The second kappa shape index (κ2) is 5.55. The average Bonchev–Trinajstić information content (AvgIpc) is 2.34. The number of nitrogens with one attached hydrogen (secondary N) is 1. The lowest BCUT2D eigenvalue weighted by molar-refractivity contribution is -0.170. The van der Waals surface area contributed by atoms with E-state index in [-0.39, 0.29) is 30.0 Å². The molecule has 0 bridgehead atoms. The number of carbonyl (C=O) groups excluding carboxylic acids is 1. The van der Waals surface area contributed by atoms with Gasteiger partial charge < -0.3 is 20.9 Å². The van der Waals surface area contributed by atoms with Gasteiger partial charge >= 0.3 is 0 Å². The Morgan fingerprint density at radius 1 is 1.61 bits per heavy atom. The van der Waals surface area contributed by atoms with E-state index in [4.69, 9.17) is 15.6 Å². The first-order chi connectivity index (χ1) is 8.29. The molecule has 0 aromatic rings. The van der Waals surface area contributed by atoms with E-state index < -0.39 is 5.54 Å². The zero-order valence-corrected chi connectivity index (χ0v) is 11.8. The average molecular weight is 258 g/mol. The Morgan fingerprint density at radius 2 is 2.22 bits per heavy atom. The van der Waals surface area contributed by atoms with Gasteiger partial charge in [0.15, 0.2) is 0 Å². The minimum absolute atomic E-state index is 0.0357. The number of amides is 1. The van der Waals surface area contributed by atoms with Crippen LogP contribution in [0.2, 0.25) is 0 Å². The van der Waals surface area contributed by atoms with E-state index >= 15 is 0 Å². The molecule has 0 saturated heterocycles. The molecule has 18 heavy (non-hydrogen) atoms. The zero-order chi connectivity index (χ0) is 14.0. The molecule has 4 N–H and O–H groups in total. The second-order valence-corrected chi connectivity index (χ2v) is 5.84. The van der Waals surface area contributed by atoms with Crippen LogP contribution >= 0.6 is 0 Å². The van der Waals surface area contributed by atoms with Crippen LogP contribution in [0.15, 0.2) is 0 Å². The maximum Gasteiger partial charge on any atom is 0.240 e. The molecule has 0 radical (unpaired) electrons. The fourth-order valence-corrected chi connectivity index (χ4v) is 2.31. The van der Waals surface area contributed by atoms with Gasteiger partial charge in [0.05, 0.1) is 6.10 Å². The molecule has 1 amide bonds. The number of nitrogens with two attached hydrogens (primary N) is 1. The van der Waals surface area contributed by atoms with Gasteiger partial charge in [0, 0.05) is 31.6 Å². The van der Waals surface area contributed by atoms with Gasteiger partial charge in [0.25, 0.3) is 0 Å². The predicted molar refractivity (Wildman–Crippen MR) is 70.0 cm³/mol. The topological polar surface area (TPSA) is 84.6 Å². The van der Waals surface area contributed by atoms with Gasteiger partial charge in [-0.25, -0.2) is 0 Å². The van der Waals surface area contributed by atoms with Crippen molar-refractivity contribution >= 4 is 5.91 Å². The van der Waals surface area contributed by atoms with Crippen LogP contribution in [0.5, 0.6) is 0 Å². The van der Waals surface area contributed by atoms with Gasteiger partial charge in [-0.15, -0.1) is 0 Å². The van der Waals surface area contributed by atoms with E-state index in [1.54, 1.807) is 0 Å². The third kappa shape index (κ3) is 2.53. The van der Waals surface area contributed by atoms with Crippen molar-refractivity contribution in [2.24, 2.45) is 17.1 Å². The number of ether oxygens (including phenoxy) is 1. The van der Waals surface area contributed by atoms with Gasteiger partial charge in [0.1, 0.15) is 5.54 Å². The number of hydrogen-bond acceptors (Lipinski definition) is 4. The lowest BCUT2D eigenvalue weighted by Gasteiger charge is -2.57. The zero-order valence-electron chi connectivity index (χ0n) is 11.8. The molecular formula is C13H26N2O3. The molecule has 0 aliphatic heterocycles. The summed E-state index contributed by atoms with van der Waals surface area (Å²) in [7, 11) is 0. The maximum absolute atomic E-state index is 12.2. The molecule has 1 fully saturated rings. The third-order valence-electron chi connectivity index (χ3n) is 4.16. The molecule has 3 atom stereocenters. The fraction of sp³-hybridized carbons (Fsp3) is 0.923. The van der Waals surface area contributed by atoms with Crippen LogP contribution in [0.4, 0.5) is 0 Å². The molecule has 106 valence electrons. The van der Waals surface area contributed by atoms with Crippen LogP contribution in [-0.2, 0) is 9.53 Å². The maximum atomic E-state index is 12.2. The number of hydrogen-bond donors (Lipinski definition) is 3. The Bertz CT molecular complexity index is 307. The largest absolute Gasteiger partial charge is 0.396 e. The molecule has 1 aliphatic carbocycles. The first kappa shape index (κ1) is 15.4. The Labute approximate surface area is 109 Å². The van der Waals surface area contributed by atoms with Crippen molar-refractivity contribution in [2.45, 2.75) is 45.8 Å². The predicted octanol–water partition coefficient (Wildman–Crippen LogP) is 0.264. The summed E-state index contributed by atoms with van der Waals surface area (Å²) in [6.45, 7) is 8.88. The van der Waals surface area contributed by atoms with Crippen LogP contribution in [0.3, 0.4) is 0 Å². The fourth-order valence-electron chi connectivity index (χ4n) is 2.31. The van der Waals surface area contributed by atoms with Crippen molar-refractivity contribution in [3.05, 3.63) is 0 Å². The minimum atomic E-state index is -0.873. The lowest BCUT2D eigenvalue weighted by Crippen LogP contribution is -2.75. The Morgan fingerprint density at radius 3 is 2.67 bits per heavy atom. The number of carbonyl (C=O) groups is 1. The summed E-state index contributed by atoms with van der Waals surface area (Å²) in [6, 6.07) is 0. The van der Waals surface area contributed by atoms with Crippen molar-refractivity contribution in [1.82, 2.24) is 5.32 Å². The van der Waals surface area contributed by atoms with Crippen LogP contribution in [0, 0.1) is 11.3 Å².